The van der Waals surface area contributed by atoms with Crippen molar-refractivity contribution in [1.82, 2.24) is 9.78 Å². The standard InChI is InChI=1S/C20H23FN2O3/c1-13-17(10-11-19(25)26-12-18(24)20(3,4)5)14(2)23(22-13)16-8-6-15(21)7-9-16/h6-11H,12H2,1-5H3. The van der Waals surface area contributed by atoms with Gasteiger partial charge in [0.05, 0.1) is 11.4 Å². The first-order chi connectivity index (χ1) is 12.1. The van der Waals surface area contributed by atoms with Gasteiger partial charge in [-0.1, -0.05) is 20.8 Å². The second kappa shape index (κ2) is 7.64. The average molecular weight is 358 g/mol. The summed E-state index contributed by atoms with van der Waals surface area (Å²) in [6.45, 7) is 8.75. The lowest BCUT2D eigenvalue weighted by Gasteiger charge is -2.15. The fourth-order valence-corrected chi connectivity index (χ4v) is 2.28. The van der Waals surface area contributed by atoms with E-state index in [0.29, 0.717) is 0 Å². The van der Waals surface area contributed by atoms with Crippen LogP contribution < -0.4 is 0 Å². The topological polar surface area (TPSA) is 61.2 Å². The Bertz CT molecular complexity index is 843. The maximum absolute atomic E-state index is 13.1. The van der Waals surface area contributed by atoms with E-state index >= 15 is 0 Å². The summed E-state index contributed by atoms with van der Waals surface area (Å²) in [7, 11) is 0. The summed E-state index contributed by atoms with van der Waals surface area (Å²) in [5.41, 5.74) is 2.48. The number of benzene rings is 1. The normalized spacial score (nSPS) is 11.8. The van der Waals surface area contributed by atoms with Crippen LogP contribution in [0.5, 0.6) is 0 Å². The highest BCUT2D eigenvalue weighted by Crippen LogP contribution is 2.20. The van der Waals surface area contributed by atoms with Crippen LogP contribution in [-0.2, 0) is 14.3 Å². The SMILES string of the molecule is Cc1nn(-c2ccc(F)cc2)c(C)c1C=CC(=O)OCC(=O)C(C)(C)C. The smallest absolute Gasteiger partial charge is 0.331 e. The molecule has 0 spiro atoms. The Balaban J connectivity index is 2.12. The van der Waals surface area contributed by atoms with Crippen molar-refractivity contribution >= 4 is 17.8 Å². The third kappa shape index (κ3) is 4.65. The molecular formula is C20H23FN2O3. The predicted molar refractivity (Wildman–Crippen MR) is 97.5 cm³/mol. The minimum atomic E-state index is -0.587. The molecule has 0 fully saturated rings. The van der Waals surface area contributed by atoms with Crippen LogP contribution in [0.3, 0.4) is 0 Å². The average Bonchev–Trinajstić information content (AvgIpc) is 2.85. The minimum absolute atomic E-state index is 0.143. The van der Waals surface area contributed by atoms with E-state index in [1.165, 1.54) is 18.2 Å². The van der Waals surface area contributed by atoms with Gasteiger partial charge in [-0.3, -0.25) is 4.79 Å². The van der Waals surface area contributed by atoms with Crippen LogP contribution in [0.2, 0.25) is 0 Å². The molecule has 0 bridgehead atoms. The molecule has 2 aromatic rings. The van der Waals surface area contributed by atoms with Crippen LogP contribution >= 0.6 is 0 Å². The molecule has 0 N–H and O–H groups in total. The highest BCUT2D eigenvalue weighted by molar-refractivity contribution is 5.91. The summed E-state index contributed by atoms with van der Waals surface area (Å²) in [6.07, 6.45) is 2.89. The van der Waals surface area contributed by atoms with Crippen molar-refractivity contribution in [3.05, 3.63) is 53.1 Å². The minimum Gasteiger partial charge on any atom is -0.455 e. The van der Waals surface area contributed by atoms with E-state index in [1.54, 1.807) is 43.7 Å². The number of aryl methyl sites for hydroxylation is 1. The molecule has 2 rings (SSSR count). The Kier molecular flexibility index (Phi) is 5.75. The molecule has 0 unspecified atom stereocenters. The summed E-state index contributed by atoms with van der Waals surface area (Å²) in [5, 5.41) is 4.43. The molecule has 26 heavy (non-hydrogen) atoms. The largest absolute Gasteiger partial charge is 0.455 e. The number of carbonyl (C=O) groups excluding carboxylic acids is 2. The van der Waals surface area contributed by atoms with Crippen molar-refractivity contribution in [2.75, 3.05) is 6.61 Å². The third-order valence-electron chi connectivity index (χ3n) is 3.99. The summed E-state index contributed by atoms with van der Waals surface area (Å²) in [4.78, 5) is 23.6. The highest BCUT2D eigenvalue weighted by atomic mass is 19.1. The van der Waals surface area contributed by atoms with Gasteiger partial charge in [-0.05, 0) is 44.2 Å². The second-order valence-electron chi connectivity index (χ2n) is 7.09. The quantitative estimate of drug-likeness (QED) is 0.602. The van der Waals surface area contributed by atoms with E-state index < -0.39 is 11.4 Å². The van der Waals surface area contributed by atoms with Crippen LogP contribution in [0, 0.1) is 25.1 Å². The van der Waals surface area contributed by atoms with Crippen molar-refractivity contribution in [3.8, 4) is 5.69 Å². The number of aromatic nitrogens is 2. The number of esters is 1. The van der Waals surface area contributed by atoms with Crippen LogP contribution in [0.15, 0.2) is 30.3 Å². The van der Waals surface area contributed by atoms with E-state index in [4.69, 9.17) is 4.74 Å². The van der Waals surface area contributed by atoms with E-state index in [2.05, 4.69) is 5.10 Å². The van der Waals surface area contributed by atoms with Crippen molar-refractivity contribution in [1.29, 1.82) is 0 Å². The molecule has 1 heterocycles. The number of carbonyl (C=O) groups is 2. The molecule has 0 radical (unpaired) electrons. The number of hydrogen-bond donors (Lipinski definition) is 0. The molecule has 5 nitrogen and oxygen atoms in total. The molecule has 0 aliphatic rings. The van der Waals surface area contributed by atoms with Crippen LogP contribution in [0.1, 0.15) is 37.7 Å². The number of hydrogen-bond acceptors (Lipinski definition) is 4. The molecule has 0 atom stereocenters. The van der Waals surface area contributed by atoms with E-state index in [-0.39, 0.29) is 18.2 Å². The van der Waals surface area contributed by atoms with Gasteiger partial charge in [-0.2, -0.15) is 5.10 Å². The molecule has 0 aliphatic carbocycles. The zero-order chi connectivity index (χ0) is 19.5. The number of ether oxygens (including phenoxy) is 1. The van der Waals surface area contributed by atoms with Gasteiger partial charge < -0.3 is 4.74 Å². The van der Waals surface area contributed by atoms with Gasteiger partial charge in [0.2, 0.25) is 0 Å². The second-order valence-corrected chi connectivity index (χ2v) is 7.09. The van der Waals surface area contributed by atoms with E-state index in [0.717, 1.165) is 22.6 Å². The number of ketones is 1. The lowest BCUT2D eigenvalue weighted by Crippen LogP contribution is -2.25. The van der Waals surface area contributed by atoms with E-state index in [1.807, 2.05) is 13.8 Å². The molecule has 1 aromatic carbocycles. The van der Waals surface area contributed by atoms with Gasteiger partial charge in [0.1, 0.15) is 5.82 Å². The lowest BCUT2D eigenvalue weighted by molar-refractivity contribution is -0.145. The molecule has 6 heteroatoms. The third-order valence-corrected chi connectivity index (χ3v) is 3.99. The Morgan fingerprint density at radius 3 is 2.38 bits per heavy atom. The summed E-state index contributed by atoms with van der Waals surface area (Å²) in [5.74, 6) is -1.05. The zero-order valence-electron chi connectivity index (χ0n) is 15.7. The Morgan fingerprint density at radius 2 is 1.81 bits per heavy atom. The van der Waals surface area contributed by atoms with Crippen molar-refractivity contribution < 1.29 is 18.7 Å². The molecule has 0 amide bonds. The predicted octanol–water partition coefficient (Wildman–Crippen LogP) is 3.80. The fourth-order valence-electron chi connectivity index (χ4n) is 2.28. The monoisotopic (exact) mass is 358 g/mol. The lowest BCUT2D eigenvalue weighted by atomic mass is 9.91. The van der Waals surface area contributed by atoms with Gasteiger partial charge in [0, 0.05) is 22.7 Å². The number of Topliss-reactive ketones (excluding diaryl/α,β-unsaturated/α-hetero) is 1. The Hall–Kier alpha value is -2.76. The molecule has 0 aliphatic heterocycles. The van der Waals surface area contributed by atoms with Crippen LogP contribution in [-0.4, -0.2) is 28.1 Å². The van der Waals surface area contributed by atoms with Gasteiger partial charge >= 0.3 is 5.97 Å². The summed E-state index contributed by atoms with van der Waals surface area (Å²) >= 11 is 0. The fraction of sp³-hybridized carbons (Fsp3) is 0.350. The Morgan fingerprint density at radius 1 is 1.19 bits per heavy atom. The number of halogens is 1. The molecular weight excluding hydrogens is 335 g/mol. The molecule has 138 valence electrons. The van der Waals surface area contributed by atoms with Gasteiger partial charge in [0.25, 0.3) is 0 Å². The summed E-state index contributed by atoms with van der Waals surface area (Å²) < 4.78 is 19.8. The highest BCUT2D eigenvalue weighted by Gasteiger charge is 2.22. The zero-order valence-corrected chi connectivity index (χ0v) is 15.7. The van der Waals surface area contributed by atoms with Crippen molar-refractivity contribution in [2.24, 2.45) is 5.41 Å². The molecule has 0 saturated carbocycles. The first-order valence-electron chi connectivity index (χ1n) is 8.30. The van der Waals surface area contributed by atoms with E-state index in [9.17, 15) is 14.0 Å². The maximum atomic E-state index is 13.1. The van der Waals surface area contributed by atoms with Crippen molar-refractivity contribution in [3.63, 3.8) is 0 Å². The van der Waals surface area contributed by atoms with Gasteiger partial charge in [-0.15, -0.1) is 0 Å². The van der Waals surface area contributed by atoms with Crippen molar-refractivity contribution in [2.45, 2.75) is 34.6 Å². The first-order valence-corrected chi connectivity index (χ1v) is 8.30. The Labute approximate surface area is 152 Å². The van der Waals surface area contributed by atoms with Crippen LogP contribution in [0.25, 0.3) is 11.8 Å². The number of nitrogens with zero attached hydrogens (tertiary/aromatic N) is 2. The first kappa shape index (κ1) is 19.6. The molecule has 0 saturated heterocycles. The molecule has 1 aromatic heterocycles. The summed E-state index contributed by atoms with van der Waals surface area (Å²) in [6, 6.07) is 6.00. The number of rotatable bonds is 5. The maximum Gasteiger partial charge on any atom is 0.331 e. The van der Waals surface area contributed by atoms with Gasteiger partial charge in [-0.25, -0.2) is 13.9 Å². The van der Waals surface area contributed by atoms with Crippen LogP contribution in [0.4, 0.5) is 4.39 Å². The van der Waals surface area contributed by atoms with Gasteiger partial charge in [0.15, 0.2) is 12.4 Å².